The van der Waals surface area contributed by atoms with Gasteiger partial charge in [-0.2, -0.15) is 0 Å². The molecule has 0 unspecified atom stereocenters. The fourth-order valence-corrected chi connectivity index (χ4v) is 2.45. The molecule has 1 aliphatic rings. The standard InChI is InChI=1S/C16H22N2O3/c1-4-9-21-13-7-5-12(6-8-13)18-15(19)10-14(16(18)20)17-11(2)3/h5-8,11,14,17H,4,9-10H2,1-3H3/p+1/t14-/m0/s1. The lowest BCUT2D eigenvalue weighted by Gasteiger charge is -2.15. The molecule has 0 aromatic heterocycles. The van der Waals surface area contributed by atoms with E-state index in [9.17, 15) is 9.59 Å². The van der Waals surface area contributed by atoms with E-state index in [-0.39, 0.29) is 30.3 Å². The maximum atomic E-state index is 12.4. The molecule has 1 aromatic carbocycles. The lowest BCUT2D eigenvalue weighted by atomic mass is 10.2. The zero-order chi connectivity index (χ0) is 15.4. The van der Waals surface area contributed by atoms with Gasteiger partial charge in [0.15, 0.2) is 6.04 Å². The fourth-order valence-electron chi connectivity index (χ4n) is 2.45. The number of carbonyl (C=O) groups excluding carboxylic acids is 2. The van der Waals surface area contributed by atoms with Crippen LogP contribution in [-0.2, 0) is 9.59 Å². The molecular formula is C16H23N2O3+. The fraction of sp³-hybridized carbons (Fsp3) is 0.500. The third kappa shape index (κ3) is 3.61. The SMILES string of the molecule is CCCOc1ccc(N2C(=O)C[C@H]([NH2+]C(C)C)C2=O)cc1. The van der Waals surface area contributed by atoms with Gasteiger partial charge in [0.1, 0.15) is 5.75 Å². The summed E-state index contributed by atoms with van der Waals surface area (Å²) in [5.74, 6) is 0.491. The van der Waals surface area contributed by atoms with Crippen LogP contribution < -0.4 is 15.0 Å². The lowest BCUT2D eigenvalue weighted by molar-refractivity contribution is -0.701. The molecule has 1 aliphatic heterocycles. The van der Waals surface area contributed by atoms with Crippen LogP contribution in [0.25, 0.3) is 0 Å². The summed E-state index contributed by atoms with van der Waals surface area (Å²) in [4.78, 5) is 25.7. The first-order valence-electron chi connectivity index (χ1n) is 7.47. The van der Waals surface area contributed by atoms with Crippen molar-refractivity contribution in [2.75, 3.05) is 11.5 Å². The van der Waals surface area contributed by atoms with Gasteiger partial charge in [-0.1, -0.05) is 6.92 Å². The summed E-state index contributed by atoms with van der Waals surface area (Å²) in [5.41, 5.74) is 0.619. The van der Waals surface area contributed by atoms with Gasteiger partial charge in [0.2, 0.25) is 5.91 Å². The Morgan fingerprint density at radius 1 is 1.29 bits per heavy atom. The van der Waals surface area contributed by atoms with Crippen LogP contribution in [0.3, 0.4) is 0 Å². The van der Waals surface area contributed by atoms with Crippen molar-refractivity contribution >= 4 is 17.5 Å². The number of ether oxygens (including phenoxy) is 1. The van der Waals surface area contributed by atoms with Crippen LogP contribution >= 0.6 is 0 Å². The first-order valence-corrected chi connectivity index (χ1v) is 7.47. The van der Waals surface area contributed by atoms with Crippen molar-refractivity contribution in [3.05, 3.63) is 24.3 Å². The van der Waals surface area contributed by atoms with Crippen molar-refractivity contribution in [1.82, 2.24) is 0 Å². The number of carbonyl (C=O) groups is 2. The van der Waals surface area contributed by atoms with Crippen LogP contribution in [0.2, 0.25) is 0 Å². The van der Waals surface area contributed by atoms with Crippen LogP contribution in [-0.4, -0.2) is 30.5 Å². The largest absolute Gasteiger partial charge is 0.494 e. The van der Waals surface area contributed by atoms with E-state index < -0.39 is 0 Å². The second-order valence-corrected chi connectivity index (χ2v) is 5.66. The summed E-state index contributed by atoms with van der Waals surface area (Å²) in [6.45, 7) is 6.73. The van der Waals surface area contributed by atoms with E-state index in [1.165, 1.54) is 4.90 Å². The molecule has 0 spiro atoms. The van der Waals surface area contributed by atoms with Crippen LogP contribution in [0, 0.1) is 0 Å². The number of quaternary nitrogens is 1. The number of hydrogen-bond donors (Lipinski definition) is 1. The van der Waals surface area contributed by atoms with Crippen molar-refractivity contribution in [3.63, 3.8) is 0 Å². The predicted octanol–water partition coefficient (Wildman–Crippen LogP) is 1.08. The molecule has 5 nitrogen and oxygen atoms in total. The van der Waals surface area contributed by atoms with Crippen molar-refractivity contribution in [1.29, 1.82) is 0 Å². The number of nitrogens with two attached hydrogens (primary N) is 1. The highest BCUT2D eigenvalue weighted by atomic mass is 16.5. The molecule has 0 aliphatic carbocycles. The van der Waals surface area contributed by atoms with E-state index in [0.29, 0.717) is 12.3 Å². The third-order valence-electron chi connectivity index (χ3n) is 3.37. The number of benzene rings is 1. The molecule has 2 amide bonds. The summed E-state index contributed by atoms with van der Waals surface area (Å²) in [6.07, 6.45) is 1.21. The van der Waals surface area contributed by atoms with Gasteiger partial charge in [-0.25, -0.2) is 4.90 Å². The minimum Gasteiger partial charge on any atom is -0.494 e. The molecule has 2 N–H and O–H groups in total. The molecule has 114 valence electrons. The quantitative estimate of drug-likeness (QED) is 0.798. The third-order valence-corrected chi connectivity index (χ3v) is 3.37. The Hall–Kier alpha value is -1.88. The maximum absolute atomic E-state index is 12.4. The molecule has 1 atom stereocenters. The van der Waals surface area contributed by atoms with E-state index in [2.05, 4.69) is 0 Å². The summed E-state index contributed by atoms with van der Waals surface area (Å²) in [7, 11) is 0. The Bertz CT molecular complexity index is 511. The second kappa shape index (κ2) is 6.72. The van der Waals surface area contributed by atoms with Gasteiger partial charge < -0.3 is 10.1 Å². The summed E-state index contributed by atoms with van der Waals surface area (Å²) in [5, 5.41) is 1.94. The van der Waals surface area contributed by atoms with Crippen molar-refractivity contribution in [2.24, 2.45) is 0 Å². The molecule has 0 radical (unpaired) electrons. The number of hydrogen-bond acceptors (Lipinski definition) is 3. The Labute approximate surface area is 125 Å². The topological polar surface area (TPSA) is 63.2 Å². The lowest BCUT2D eigenvalue weighted by Crippen LogP contribution is -2.95. The second-order valence-electron chi connectivity index (χ2n) is 5.66. The van der Waals surface area contributed by atoms with Crippen LogP contribution in [0.1, 0.15) is 33.6 Å². The van der Waals surface area contributed by atoms with Crippen LogP contribution in [0.15, 0.2) is 24.3 Å². The molecule has 1 fully saturated rings. The summed E-state index contributed by atoms with van der Waals surface area (Å²) in [6, 6.07) is 7.11. The van der Waals surface area contributed by atoms with Crippen molar-refractivity contribution in [2.45, 2.75) is 45.7 Å². The van der Waals surface area contributed by atoms with Gasteiger partial charge in [-0.3, -0.25) is 9.59 Å². The Morgan fingerprint density at radius 2 is 1.95 bits per heavy atom. The van der Waals surface area contributed by atoms with Gasteiger partial charge in [0.05, 0.1) is 24.8 Å². The molecule has 1 aromatic rings. The molecule has 0 saturated carbocycles. The van der Waals surface area contributed by atoms with E-state index in [4.69, 9.17) is 4.74 Å². The van der Waals surface area contributed by atoms with E-state index in [0.717, 1.165) is 12.2 Å². The van der Waals surface area contributed by atoms with Crippen LogP contribution in [0.5, 0.6) is 5.75 Å². The zero-order valence-electron chi connectivity index (χ0n) is 12.8. The molecule has 1 heterocycles. The first-order chi connectivity index (χ1) is 10.0. The number of rotatable bonds is 6. The molecular weight excluding hydrogens is 268 g/mol. The molecule has 1 saturated heterocycles. The number of anilines is 1. The summed E-state index contributed by atoms with van der Waals surface area (Å²) >= 11 is 0. The highest BCUT2D eigenvalue weighted by molar-refractivity contribution is 6.21. The van der Waals surface area contributed by atoms with Gasteiger partial charge in [0.25, 0.3) is 5.91 Å². The Morgan fingerprint density at radius 3 is 2.52 bits per heavy atom. The number of imide groups is 1. The van der Waals surface area contributed by atoms with E-state index in [1.54, 1.807) is 24.3 Å². The maximum Gasteiger partial charge on any atom is 0.292 e. The first kappa shape index (κ1) is 15.5. The van der Waals surface area contributed by atoms with E-state index in [1.807, 2.05) is 26.1 Å². The number of amides is 2. The van der Waals surface area contributed by atoms with Gasteiger partial charge in [-0.05, 0) is 44.5 Å². The normalized spacial score (nSPS) is 18.7. The Balaban J connectivity index is 2.10. The van der Waals surface area contributed by atoms with Crippen molar-refractivity contribution < 1.29 is 19.6 Å². The summed E-state index contributed by atoms with van der Waals surface area (Å²) < 4.78 is 5.51. The molecule has 5 heteroatoms. The van der Waals surface area contributed by atoms with Gasteiger partial charge in [0, 0.05) is 0 Å². The van der Waals surface area contributed by atoms with Crippen molar-refractivity contribution in [3.8, 4) is 5.75 Å². The zero-order valence-corrected chi connectivity index (χ0v) is 12.8. The molecule has 0 bridgehead atoms. The van der Waals surface area contributed by atoms with Gasteiger partial charge >= 0.3 is 0 Å². The Kier molecular flexibility index (Phi) is 4.96. The van der Waals surface area contributed by atoms with E-state index >= 15 is 0 Å². The van der Waals surface area contributed by atoms with Gasteiger partial charge in [-0.15, -0.1) is 0 Å². The average Bonchev–Trinajstić information content (AvgIpc) is 2.71. The number of nitrogens with zero attached hydrogens (tertiary/aromatic N) is 1. The minimum absolute atomic E-state index is 0.129. The monoisotopic (exact) mass is 291 g/mol. The smallest absolute Gasteiger partial charge is 0.292 e. The van der Waals surface area contributed by atoms with Crippen LogP contribution in [0.4, 0.5) is 5.69 Å². The minimum atomic E-state index is -0.298. The molecule has 2 rings (SSSR count). The highest BCUT2D eigenvalue weighted by Gasteiger charge is 2.42. The predicted molar refractivity (Wildman–Crippen MR) is 80.2 cm³/mol. The molecule has 21 heavy (non-hydrogen) atoms. The highest BCUT2D eigenvalue weighted by Crippen LogP contribution is 2.24. The average molecular weight is 291 g/mol.